The quantitative estimate of drug-likeness (QED) is 0.563. The highest BCUT2D eigenvalue weighted by atomic mass is 16.1. The van der Waals surface area contributed by atoms with E-state index in [2.05, 4.69) is 47.6 Å². The summed E-state index contributed by atoms with van der Waals surface area (Å²) in [5, 5.41) is 9.72. The van der Waals surface area contributed by atoms with Crippen molar-refractivity contribution in [2.75, 3.05) is 0 Å². The van der Waals surface area contributed by atoms with Crippen molar-refractivity contribution in [3.63, 3.8) is 0 Å². The molecule has 0 radical (unpaired) electrons. The van der Waals surface area contributed by atoms with Gasteiger partial charge in [0.05, 0.1) is 11.0 Å². The number of Topliss-reactive ketones (excluding diaryl/α,β-unsaturated/α-hetero) is 2. The monoisotopic (exact) mass is 480 g/mol. The second kappa shape index (κ2) is 8.29. The minimum absolute atomic E-state index is 0.0486. The van der Waals surface area contributed by atoms with Gasteiger partial charge in [0.1, 0.15) is 11.9 Å². The molecule has 1 amide bonds. The second-order valence-electron chi connectivity index (χ2n) is 13.6. The summed E-state index contributed by atoms with van der Waals surface area (Å²) >= 11 is 0. The van der Waals surface area contributed by atoms with Crippen LogP contribution in [-0.2, 0) is 14.4 Å². The van der Waals surface area contributed by atoms with E-state index in [9.17, 15) is 19.6 Å². The summed E-state index contributed by atoms with van der Waals surface area (Å²) in [5.74, 6) is 0.162. The summed E-state index contributed by atoms with van der Waals surface area (Å²) in [7, 11) is 0. The number of hydrogen-bond donors (Lipinski definition) is 1. The van der Waals surface area contributed by atoms with E-state index in [4.69, 9.17) is 5.73 Å². The number of primary amides is 1. The van der Waals surface area contributed by atoms with Gasteiger partial charge >= 0.3 is 0 Å². The fourth-order valence-electron chi connectivity index (χ4n) is 9.62. The minimum Gasteiger partial charge on any atom is -0.369 e. The molecule has 0 spiro atoms. The molecular formula is C30H44N2O3. The van der Waals surface area contributed by atoms with Gasteiger partial charge in [0.2, 0.25) is 5.91 Å². The predicted molar refractivity (Wildman–Crippen MR) is 136 cm³/mol. The van der Waals surface area contributed by atoms with E-state index in [1.807, 2.05) is 13.0 Å². The molecule has 2 N–H and O–H groups in total. The Bertz CT molecular complexity index is 1020. The minimum atomic E-state index is -0.631. The Morgan fingerprint density at radius 2 is 1.80 bits per heavy atom. The van der Waals surface area contributed by atoms with E-state index in [0.717, 1.165) is 38.5 Å². The average molecular weight is 481 g/mol. The zero-order chi connectivity index (χ0) is 26.1. The number of ketones is 2. The van der Waals surface area contributed by atoms with Gasteiger partial charge in [-0.05, 0) is 78.4 Å². The highest BCUT2D eigenvalue weighted by Gasteiger charge is 2.70. The molecule has 0 bridgehead atoms. The van der Waals surface area contributed by atoms with E-state index in [1.165, 1.54) is 0 Å². The molecule has 0 aromatic heterocycles. The fraction of sp³-hybridized carbons (Fsp3) is 0.800. The Kier molecular flexibility index (Phi) is 6.18. The van der Waals surface area contributed by atoms with Gasteiger partial charge in [0.25, 0.3) is 0 Å². The maximum Gasteiger partial charge on any atom is 0.223 e. The van der Waals surface area contributed by atoms with E-state index < -0.39 is 5.41 Å². The number of amides is 1. The van der Waals surface area contributed by atoms with Crippen LogP contribution in [0.3, 0.4) is 0 Å². The van der Waals surface area contributed by atoms with Gasteiger partial charge in [-0.2, -0.15) is 5.26 Å². The molecule has 4 rings (SSSR count). The second-order valence-corrected chi connectivity index (χ2v) is 13.6. The Morgan fingerprint density at radius 1 is 1.14 bits per heavy atom. The number of carbonyl (C=O) groups is 3. The van der Waals surface area contributed by atoms with Crippen molar-refractivity contribution in [1.29, 1.82) is 5.26 Å². The fourth-order valence-corrected chi connectivity index (χ4v) is 9.62. The standard InChI is InChI=1S/C30H44N2O3/c1-17(2)8-11-30(26(32)35)13-12-29(7)24(19(30)4)22(33)14-23-27(5)15-20(16-31)25(34)18(3)21(27)9-10-28(23,29)6/h15,17-19,21,23-24H,8-14H2,1-7H3,(H2,32,35). The van der Waals surface area contributed by atoms with Crippen molar-refractivity contribution in [2.45, 2.75) is 93.4 Å². The normalized spacial score (nSPS) is 47.3. The van der Waals surface area contributed by atoms with Crippen LogP contribution in [-0.4, -0.2) is 17.5 Å². The topological polar surface area (TPSA) is 101 Å². The molecule has 4 aliphatic carbocycles. The van der Waals surface area contributed by atoms with E-state index in [1.54, 1.807) is 0 Å². The van der Waals surface area contributed by atoms with Gasteiger partial charge in [-0.1, -0.05) is 54.5 Å². The Balaban J connectivity index is 1.79. The van der Waals surface area contributed by atoms with Crippen LogP contribution in [0.5, 0.6) is 0 Å². The third kappa shape index (κ3) is 3.34. The maximum atomic E-state index is 14.1. The molecule has 0 aliphatic heterocycles. The Morgan fingerprint density at radius 3 is 2.37 bits per heavy atom. The molecule has 0 saturated heterocycles. The zero-order valence-electron chi connectivity index (χ0n) is 22.7. The first-order valence-electron chi connectivity index (χ1n) is 13.7. The van der Waals surface area contributed by atoms with Crippen molar-refractivity contribution in [1.82, 2.24) is 0 Å². The van der Waals surface area contributed by atoms with Crippen molar-refractivity contribution in [3.05, 3.63) is 11.6 Å². The zero-order valence-corrected chi connectivity index (χ0v) is 22.7. The number of allylic oxidation sites excluding steroid dienone is 2. The lowest BCUT2D eigenvalue weighted by molar-refractivity contribution is -0.209. The van der Waals surface area contributed by atoms with Crippen LogP contribution in [0.2, 0.25) is 0 Å². The van der Waals surface area contributed by atoms with Crippen molar-refractivity contribution in [3.8, 4) is 6.07 Å². The van der Waals surface area contributed by atoms with Gasteiger partial charge < -0.3 is 5.73 Å². The van der Waals surface area contributed by atoms with E-state index >= 15 is 0 Å². The van der Waals surface area contributed by atoms with Gasteiger partial charge in [-0.3, -0.25) is 14.4 Å². The number of nitrogens with two attached hydrogens (primary N) is 1. The van der Waals surface area contributed by atoms with E-state index in [-0.39, 0.29) is 68.9 Å². The maximum absolute atomic E-state index is 14.1. The third-order valence-electron chi connectivity index (χ3n) is 12.0. The molecule has 3 saturated carbocycles. The molecule has 3 fully saturated rings. The van der Waals surface area contributed by atoms with Crippen LogP contribution in [0.25, 0.3) is 0 Å². The lowest BCUT2D eigenvalue weighted by Gasteiger charge is -2.70. The third-order valence-corrected chi connectivity index (χ3v) is 12.0. The Hall–Kier alpha value is -1.96. The predicted octanol–water partition coefficient (Wildman–Crippen LogP) is 5.63. The van der Waals surface area contributed by atoms with Gasteiger partial charge in [0.15, 0.2) is 5.78 Å². The molecule has 5 nitrogen and oxygen atoms in total. The summed E-state index contributed by atoms with van der Waals surface area (Å²) in [4.78, 5) is 39.9. The summed E-state index contributed by atoms with van der Waals surface area (Å²) < 4.78 is 0. The lowest BCUT2D eigenvalue weighted by Crippen LogP contribution is -2.67. The highest BCUT2D eigenvalue weighted by molar-refractivity contribution is 6.01. The van der Waals surface area contributed by atoms with Crippen LogP contribution in [0, 0.1) is 68.5 Å². The Labute approximate surface area is 211 Å². The first-order chi connectivity index (χ1) is 16.2. The van der Waals surface area contributed by atoms with Crippen LogP contribution >= 0.6 is 0 Å². The molecule has 5 heteroatoms. The van der Waals surface area contributed by atoms with Crippen LogP contribution < -0.4 is 5.73 Å². The van der Waals surface area contributed by atoms with Gasteiger partial charge in [0, 0.05) is 18.3 Å². The van der Waals surface area contributed by atoms with Crippen LogP contribution in [0.4, 0.5) is 0 Å². The van der Waals surface area contributed by atoms with Crippen molar-refractivity contribution >= 4 is 17.5 Å². The lowest BCUT2D eigenvalue weighted by atomic mass is 9.33. The molecular weight excluding hydrogens is 436 g/mol. The first kappa shape index (κ1) is 26.1. The number of fused-ring (bicyclic) bond motifs is 5. The molecule has 9 atom stereocenters. The number of nitriles is 1. The molecule has 0 heterocycles. The molecule has 9 unspecified atom stereocenters. The number of carbonyl (C=O) groups excluding carboxylic acids is 3. The molecule has 0 aromatic carbocycles. The number of hydrogen-bond acceptors (Lipinski definition) is 4. The van der Waals surface area contributed by atoms with Gasteiger partial charge in [-0.25, -0.2) is 0 Å². The molecule has 192 valence electrons. The van der Waals surface area contributed by atoms with Crippen LogP contribution in [0.1, 0.15) is 93.4 Å². The first-order valence-corrected chi connectivity index (χ1v) is 13.7. The number of nitrogens with zero attached hydrogens (tertiary/aromatic N) is 1. The molecule has 35 heavy (non-hydrogen) atoms. The van der Waals surface area contributed by atoms with Gasteiger partial charge in [-0.15, -0.1) is 0 Å². The largest absolute Gasteiger partial charge is 0.369 e. The highest BCUT2D eigenvalue weighted by Crippen LogP contribution is 2.73. The van der Waals surface area contributed by atoms with Crippen molar-refractivity contribution in [2.24, 2.45) is 62.9 Å². The summed E-state index contributed by atoms with van der Waals surface area (Å²) in [6.07, 6.45) is 7.48. The SMILES string of the molecule is CC(C)CCC1(C(N)=O)CCC2(C)C(C(=O)CC3C4(C)C=C(C#N)C(=O)C(C)C4CCC32C)C1C. The number of rotatable bonds is 4. The summed E-state index contributed by atoms with van der Waals surface area (Å²) in [5.41, 5.74) is 5.00. The smallest absolute Gasteiger partial charge is 0.223 e. The average Bonchev–Trinajstić information content (AvgIpc) is 2.77. The summed E-state index contributed by atoms with van der Waals surface area (Å²) in [6, 6.07) is 2.16. The van der Waals surface area contributed by atoms with Crippen molar-refractivity contribution < 1.29 is 14.4 Å². The molecule has 0 aromatic rings. The van der Waals surface area contributed by atoms with E-state index in [0.29, 0.717) is 12.3 Å². The molecule has 4 aliphatic rings. The van der Waals surface area contributed by atoms with Crippen LogP contribution in [0.15, 0.2) is 11.6 Å². The summed E-state index contributed by atoms with van der Waals surface area (Å²) in [6.45, 7) is 15.3.